The third-order valence-electron chi connectivity index (χ3n) is 2.31. The number of aromatic nitrogens is 4. The fourth-order valence-electron chi connectivity index (χ4n) is 1.34. The Morgan fingerprint density at radius 3 is 2.53 bits per heavy atom. The van der Waals surface area contributed by atoms with Crippen LogP contribution in [0.15, 0.2) is 24.8 Å². The van der Waals surface area contributed by atoms with Gasteiger partial charge in [0.2, 0.25) is 0 Å². The summed E-state index contributed by atoms with van der Waals surface area (Å²) >= 11 is 0. The molecule has 0 saturated heterocycles. The molecule has 1 unspecified atom stereocenters. The van der Waals surface area contributed by atoms with Crippen LogP contribution in [-0.2, 0) is 7.05 Å². The van der Waals surface area contributed by atoms with Crippen molar-refractivity contribution in [3.05, 3.63) is 41.7 Å². The summed E-state index contributed by atoms with van der Waals surface area (Å²) in [5.41, 5.74) is 2.27. The van der Waals surface area contributed by atoms with E-state index in [4.69, 9.17) is 0 Å². The summed E-state index contributed by atoms with van der Waals surface area (Å²) in [6.07, 6.45) is 3.84. The van der Waals surface area contributed by atoms with E-state index in [1.165, 1.54) is 6.33 Å². The van der Waals surface area contributed by atoms with Gasteiger partial charge in [0, 0.05) is 30.7 Å². The van der Waals surface area contributed by atoms with Crippen LogP contribution in [0.3, 0.4) is 0 Å². The number of hydrogen-bond acceptors (Lipinski definition) is 4. The first-order valence-electron chi connectivity index (χ1n) is 4.62. The van der Waals surface area contributed by atoms with Crippen LogP contribution in [-0.4, -0.2) is 24.9 Å². The molecule has 1 N–H and O–H groups in total. The predicted octanol–water partition coefficient (Wildman–Crippen LogP) is 0.600. The highest BCUT2D eigenvalue weighted by Gasteiger charge is 2.14. The van der Waals surface area contributed by atoms with E-state index in [1.54, 1.807) is 17.1 Å². The van der Waals surface area contributed by atoms with E-state index in [0.717, 1.165) is 5.69 Å². The van der Waals surface area contributed by atoms with Crippen molar-refractivity contribution in [2.75, 3.05) is 0 Å². The molecule has 2 aromatic rings. The fourth-order valence-corrected chi connectivity index (χ4v) is 1.34. The Balaban J connectivity index is 2.32. The van der Waals surface area contributed by atoms with Gasteiger partial charge in [-0.2, -0.15) is 5.10 Å². The Bertz CT molecular complexity index is 432. The Morgan fingerprint density at radius 1 is 1.33 bits per heavy atom. The normalized spacial score (nSPS) is 12.7. The highest BCUT2D eigenvalue weighted by atomic mass is 16.3. The van der Waals surface area contributed by atoms with Gasteiger partial charge < -0.3 is 5.11 Å². The minimum absolute atomic E-state index is 0.616. The molecule has 78 valence electrons. The van der Waals surface area contributed by atoms with Crippen LogP contribution in [0.5, 0.6) is 0 Å². The first-order chi connectivity index (χ1) is 7.18. The maximum atomic E-state index is 9.97. The monoisotopic (exact) mass is 204 g/mol. The van der Waals surface area contributed by atoms with Crippen LogP contribution in [0.4, 0.5) is 0 Å². The summed E-state index contributed by atoms with van der Waals surface area (Å²) in [6.45, 7) is 1.94. The van der Waals surface area contributed by atoms with Crippen LogP contribution in [0.2, 0.25) is 0 Å². The van der Waals surface area contributed by atoms with Crippen LogP contribution in [0, 0.1) is 6.92 Å². The van der Waals surface area contributed by atoms with Crippen molar-refractivity contribution in [1.82, 2.24) is 19.7 Å². The van der Waals surface area contributed by atoms with E-state index >= 15 is 0 Å². The molecule has 0 aliphatic rings. The van der Waals surface area contributed by atoms with Gasteiger partial charge in [-0.3, -0.25) is 4.68 Å². The molecule has 0 aromatic carbocycles. The lowest BCUT2D eigenvalue weighted by atomic mass is 10.1. The van der Waals surface area contributed by atoms with Crippen LogP contribution in [0.1, 0.15) is 23.1 Å². The van der Waals surface area contributed by atoms with Crippen molar-refractivity contribution in [1.29, 1.82) is 0 Å². The second-order valence-corrected chi connectivity index (χ2v) is 3.41. The molecule has 5 heteroatoms. The van der Waals surface area contributed by atoms with Crippen molar-refractivity contribution < 1.29 is 5.11 Å². The summed E-state index contributed by atoms with van der Waals surface area (Å²) in [5.74, 6) is 0. The molecule has 0 spiro atoms. The van der Waals surface area contributed by atoms with Crippen LogP contribution in [0.25, 0.3) is 0 Å². The Kier molecular flexibility index (Phi) is 2.47. The third kappa shape index (κ3) is 1.87. The largest absolute Gasteiger partial charge is 0.382 e. The van der Waals surface area contributed by atoms with Crippen molar-refractivity contribution in [3.63, 3.8) is 0 Å². The summed E-state index contributed by atoms with van der Waals surface area (Å²) in [5, 5.41) is 14.2. The van der Waals surface area contributed by atoms with Crippen LogP contribution < -0.4 is 0 Å². The average molecular weight is 204 g/mol. The second-order valence-electron chi connectivity index (χ2n) is 3.41. The molecule has 2 heterocycles. The predicted molar refractivity (Wildman–Crippen MR) is 54.0 cm³/mol. The van der Waals surface area contributed by atoms with Gasteiger partial charge in [-0.05, 0) is 13.0 Å². The maximum absolute atomic E-state index is 9.97. The third-order valence-corrected chi connectivity index (χ3v) is 2.31. The van der Waals surface area contributed by atoms with E-state index in [2.05, 4.69) is 15.1 Å². The van der Waals surface area contributed by atoms with Gasteiger partial charge in [-0.1, -0.05) is 0 Å². The molecule has 0 aliphatic heterocycles. The first kappa shape index (κ1) is 9.79. The molecule has 0 aliphatic carbocycles. The highest BCUT2D eigenvalue weighted by Crippen LogP contribution is 2.19. The van der Waals surface area contributed by atoms with Crippen molar-refractivity contribution in [3.8, 4) is 0 Å². The van der Waals surface area contributed by atoms with Gasteiger partial charge in [0.05, 0.1) is 5.69 Å². The smallest absolute Gasteiger partial charge is 0.126 e. The van der Waals surface area contributed by atoms with Crippen LogP contribution >= 0.6 is 0 Å². The van der Waals surface area contributed by atoms with Gasteiger partial charge in [0.25, 0.3) is 0 Å². The topological polar surface area (TPSA) is 63.8 Å². The van der Waals surface area contributed by atoms with E-state index in [-0.39, 0.29) is 0 Å². The molecule has 0 bridgehead atoms. The number of rotatable bonds is 2. The van der Waals surface area contributed by atoms with E-state index in [9.17, 15) is 5.11 Å². The van der Waals surface area contributed by atoms with Gasteiger partial charge in [-0.25, -0.2) is 9.97 Å². The Morgan fingerprint density at radius 2 is 2.00 bits per heavy atom. The summed E-state index contributed by atoms with van der Waals surface area (Å²) < 4.78 is 1.72. The molecule has 0 amide bonds. The average Bonchev–Trinajstić information content (AvgIpc) is 2.59. The maximum Gasteiger partial charge on any atom is 0.126 e. The standard InChI is InChI=1S/C10H12N4O/c1-7-3-9(13-14(7)2)10(15)8-4-11-6-12-5-8/h3-6,10,15H,1-2H3. The summed E-state index contributed by atoms with van der Waals surface area (Å²) in [7, 11) is 1.84. The minimum Gasteiger partial charge on any atom is -0.382 e. The lowest BCUT2D eigenvalue weighted by molar-refractivity contribution is 0.213. The van der Waals surface area contributed by atoms with E-state index in [1.807, 2.05) is 20.0 Å². The minimum atomic E-state index is -0.758. The highest BCUT2D eigenvalue weighted by molar-refractivity contribution is 5.21. The van der Waals surface area contributed by atoms with Gasteiger partial charge in [0.15, 0.2) is 0 Å². The molecule has 2 aromatic heterocycles. The molecule has 5 nitrogen and oxygen atoms in total. The Labute approximate surface area is 87.4 Å². The van der Waals surface area contributed by atoms with Crippen molar-refractivity contribution in [2.45, 2.75) is 13.0 Å². The molecule has 2 rings (SSSR count). The zero-order chi connectivity index (χ0) is 10.8. The van der Waals surface area contributed by atoms with E-state index < -0.39 is 6.10 Å². The SMILES string of the molecule is Cc1cc(C(O)c2cncnc2)nn1C. The molecule has 0 radical (unpaired) electrons. The Hall–Kier alpha value is -1.75. The zero-order valence-corrected chi connectivity index (χ0v) is 8.62. The van der Waals surface area contributed by atoms with Gasteiger partial charge in [0.1, 0.15) is 12.4 Å². The molecular weight excluding hydrogens is 192 g/mol. The van der Waals surface area contributed by atoms with Crippen molar-refractivity contribution in [2.24, 2.45) is 7.05 Å². The number of aryl methyl sites for hydroxylation is 2. The number of aliphatic hydroxyl groups excluding tert-OH is 1. The molecule has 1 atom stereocenters. The quantitative estimate of drug-likeness (QED) is 0.778. The van der Waals surface area contributed by atoms with E-state index in [0.29, 0.717) is 11.3 Å². The number of nitrogens with zero attached hydrogens (tertiary/aromatic N) is 4. The number of hydrogen-bond donors (Lipinski definition) is 1. The lowest BCUT2D eigenvalue weighted by Gasteiger charge is -2.05. The zero-order valence-electron chi connectivity index (χ0n) is 8.62. The summed E-state index contributed by atoms with van der Waals surface area (Å²) in [4.78, 5) is 7.71. The molecule has 0 fully saturated rings. The van der Waals surface area contributed by atoms with Gasteiger partial charge >= 0.3 is 0 Å². The van der Waals surface area contributed by atoms with Gasteiger partial charge in [-0.15, -0.1) is 0 Å². The van der Waals surface area contributed by atoms with Crippen molar-refractivity contribution >= 4 is 0 Å². The summed E-state index contributed by atoms with van der Waals surface area (Å²) in [6, 6.07) is 1.84. The molecule has 0 saturated carbocycles. The molecular formula is C10H12N4O. The fraction of sp³-hybridized carbons (Fsp3) is 0.300. The molecule has 15 heavy (non-hydrogen) atoms. The number of aliphatic hydroxyl groups is 1. The second kappa shape index (κ2) is 3.78. The first-order valence-corrected chi connectivity index (χ1v) is 4.62. The lowest BCUT2D eigenvalue weighted by Crippen LogP contribution is -2.02.